The number of para-hydroxylation sites is 1. The molecule has 5 heteroatoms. The summed E-state index contributed by atoms with van der Waals surface area (Å²) < 4.78 is 6.51. The summed E-state index contributed by atoms with van der Waals surface area (Å²) in [7, 11) is 0. The van der Waals surface area contributed by atoms with E-state index in [2.05, 4.69) is 30.2 Å². The largest absolute Gasteiger partial charge is 0.444 e. The van der Waals surface area contributed by atoms with Crippen molar-refractivity contribution in [1.82, 2.24) is 10.3 Å². The number of rotatable bonds is 4. The summed E-state index contributed by atoms with van der Waals surface area (Å²) in [4.78, 5) is 16.7. The van der Waals surface area contributed by atoms with Gasteiger partial charge in [0.15, 0.2) is 0 Å². The summed E-state index contributed by atoms with van der Waals surface area (Å²) in [5.41, 5.74) is 0.474. The van der Waals surface area contributed by atoms with E-state index in [1.165, 1.54) is 0 Å². The molecule has 2 aromatic rings. The Morgan fingerprint density at radius 1 is 1.32 bits per heavy atom. The van der Waals surface area contributed by atoms with Crippen molar-refractivity contribution < 1.29 is 9.53 Å². The van der Waals surface area contributed by atoms with Crippen LogP contribution >= 0.6 is 11.3 Å². The quantitative estimate of drug-likeness (QED) is 0.871. The Hall–Kier alpha value is -1.62. The van der Waals surface area contributed by atoms with E-state index in [-0.39, 0.29) is 6.04 Å². The van der Waals surface area contributed by atoms with Gasteiger partial charge in [0.1, 0.15) is 10.6 Å². The molecule has 1 unspecified atom stereocenters. The number of nitrogens with zero attached hydrogens (tertiary/aromatic N) is 1. The summed E-state index contributed by atoms with van der Waals surface area (Å²) in [6.45, 7) is 9.86. The number of benzene rings is 1. The van der Waals surface area contributed by atoms with Crippen molar-refractivity contribution >= 4 is 27.6 Å². The zero-order valence-electron chi connectivity index (χ0n) is 13.8. The van der Waals surface area contributed by atoms with Crippen molar-refractivity contribution in [3.63, 3.8) is 0 Å². The molecule has 1 aromatic heterocycles. The first-order valence-corrected chi connectivity index (χ1v) is 8.41. The Labute approximate surface area is 135 Å². The predicted molar refractivity (Wildman–Crippen MR) is 91.2 cm³/mol. The molecule has 0 fully saturated rings. The van der Waals surface area contributed by atoms with Gasteiger partial charge in [0.2, 0.25) is 0 Å². The fourth-order valence-electron chi connectivity index (χ4n) is 2.18. The molecule has 4 nitrogen and oxygen atoms in total. The third kappa shape index (κ3) is 4.70. The molecule has 1 atom stereocenters. The minimum atomic E-state index is -0.500. The lowest BCUT2D eigenvalue weighted by Crippen LogP contribution is -2.35. The Morgan fingerprint density at radius 3 is 2.59 bits per heavy atom. The van der Waals surface area contributed by atoms with Crippen molar-refractivity contribution in [3.05, 3.63) is 29.3 Å². The molecule has 0 radical (unpaired) electrons. The first-order chi connectivity index (χ1) is 10.2. The van der Waals surface area contributed by atoms with Crippen LogP contribution in [0.5, 0.6) is 0 Å². The minimum absolute atomic E-state index is 0.118. The van der Waals surface area contributed by atoms with Crippen molar-refractivity contribution in [1.29, 1.82) is 0 Å². The van der Waals surface area contributed by atoms with Crippen molar-refractivity contribution in [2.24, 2.45) is 5.92 Å². The second kappa shape index (κ2) is 6.65. The highest BCUT2D eigenvalue weighted by Gasteiger charge is 2.23. The van der Waals surface area contributed by atoms with Crippen LogP contribution in [0.3, 0.4) is 0 Å². The lowest BCUT2D eigenvalue weighted by Gasteiger charge is -2.23. The van der Waals surface area contributed by atoms with Crippen LogP contribution in [0.15, 0.2) is 24.3 Å². The normalized spacial score (nSPS) is 13.4. The van der Waals surface area contributed by atoms with Crippen LogP contribution < -0.4 is 5.32 Å². The van der Waals surface area contributed by atoms with Crippen LogP contribution in [0.1, 0.15) is 52.1 Å². The molecule has 0 aliphatic carbocycles. The Morgan fingerprint density at radius 2 is 2.00 bits per heavy atom. The van der Waals surface area contributed by atoms with E-state index in [1.54, 1.807) is 11.3 Å². The van der Waals surface area contributed by atoms with Crippen molar-refractivity contribution in [2.75, 3.05) is 0 Å². The molecular formula is C17H24N2O2S. The second-order valence-corrected chi connectivity index (χ2v) is 7.91. The number of amides is 1. The molecule has 0 saturated heterocycles. The first kappa shape index (κ1) is 16.7. The second-order valence-electron chi connectivity index (χ2n) is 6.85. The molecule has 0 saturated carbocycles. The first-order valence-electron chi connectivity index (χ1n) is 7.59. The van der Waals surface area contributed by atoms with Gasteiger partial charge in [-0.25, -0.2) is 9.78 Å². The predicted octanol–water partition coefficient (Wildman–Crippen LogP) is 4.91. The SMILES string of the molecule is CC(C)CC(NC(=O)OC(C)(C)C)c1nc2ccccc2s1. The molecule has 1 amide bonds. The Kier molecular flexibility index (Phi) is 5.06. The van der Waals surface area contributed by atoms with Gasteiger partial charge in [-0.1, -0.05) is 26.0 Å². The number of carbonyl (C=O) groups excluding carboxylic acids is 1. The molecule has 1 N–H and O–H groups in total. The summed E-state index contributed by atoms with van der Waals surface area (Å²) in [6.07, 6.45) is 0.441. The number of fused-ring (bicyclic) bond motifs is 1. The third-order valence-corrected chi connectivity index (χ3v) is 4.16. The van der Waals surface area contributed by atoms with Gasteiger partial charge in [-0.05, 0) is 45.2 Å². The maximum atomic E-state index is 12.1. The van der Waals surface area contributed by atoms with Gasteiger partial charge >= 0.3 is 6.09 Å². The lowest BCUT2D eigenvalue weighted by molar-refractivity contribution is 0.0498. The number of hydrogen-bond acceptors (Lipinski definition) is 4. The van der Waals surface area contributed by atoms with E-state index in [0.717, 1.165) is 21.6 Å². The van der Waals surface area contributed by atoms with Gasteiger partial charge in [0.25, 0.3) is 0 Å². The van der Waals surface area contributed by atoms with Crippen LogP contribution in [-0.2, 0) is 4.74 Å². The highest BCUT2D eigenvalue weighted by molar-refractivity contribution is 7.18. The summed E-state index contributed by atoms with van der Waals surface area (Å²) >= 11 is 1.63. The van der Waals surface area contributed by atoms with Crippen LogP contribution in [0, 0.1) is 5.92 Å². The average Bonchev–Trinajstić information content (AvgIpc) is 2.78. The van der Waals surface area contributed by atoms with Gasteiger partial charge in [-0.15, -0.1) is 11.3 Å². The van der Waals surface area contributed by atoms with E-state index in [0.29, 0.717) is 5.92 Å². The summed E-state index contributed by atoms with van der Waals surface area (Å²) in [5, 5.41) is 3.90. The van der Waals surface area contributed by atoms with Gasteiger partial charge in [0, 0.05) is 0 Å². The number of hydrogen-bond donors (Lipinski definition) is 1. The van der Waals surface area contributed by atoms with Gasteiger partial charge in [-0.3, -0.25) is 0 Å². The van der Waals surface area contributed by atoms with Crippen LogP contribution in [0.4, 0.5) is 4.79 Å². The maximum absolute atomic E-state index is 12.1. The van der Waals surface area contributed by atoms with Gasteiger partial charge < -0.3 is 10.1 Å². The van der Waals surface area contributed by atoms with Crippen molar-refractivity contribution in [3.8, 4) is 0 Å². The molecule has 1 heterocycles. The number of nitrogens with one attached hydrogen (secondary N) is 1. The highest BCUT2D eigenvalue weighted by Crippen LogP contribution is 2.30. The third-order valence-electron chi connectivity index (χ3n) is 3.01. The molecule has 0 bridgehead atoms. The van der Waals surface area contributed by atoms with E-state index < -0.39 is 11.7 Å². The highest BCUT2D eigenvalue weighted by atomic mass is 32.1. The fraction of sp³-hybridized carbons (Fsp3) is 0.529. The molecule has 0 aliphatic heterocycles. The Balaban J connectivity index is 2.20. The zero-order chi connectivity index (χ0) is 16.3. The monoisotopic (exact) mass is 320 g/mol. The lowest BCUT2D eigenvalue weighted by atomic mass is 10.0. The van der Waals surface area contributed by atoms with Gasteiger partial charge in [0.05, 0.1) is 16.3 Å². The smallest absolute Gasteiger partial charge is 0.408 e. The fourth-order valence-corrected chi connectivity index (χ4v) is 3.21. The molecule has 0 spiro atoms. The zero-order valence-corrected chi connectivity index (χ0v) is 14.7. The van der Waals surface area contributed by atoms with E-state index in [9.17, 15) is 4.79 Å². The molecule has 22 heavy (non-hydrogen) atoms. The summed E-state index contributed by atoms with van der Waals surface area (Å²) in [6, 6.07) is 7.91. The summed E-state index contributed by atoms with van der Waals surface area (Å²) in [5.74, 6) is 0.451. The molecule has 0 aliphatic rings. The van der Waals surface area contributed by atoms with Crippen molar-refractivity contribution in [2.45, 2.75) is 52.7 Å². The maximum Gasteiger partial charge on any atom is 0.408 e. The number of ether oxygens (including phenoxy) is 1. The molecule has 120 valence electrons. The van der Waals surface area contributed by atoms with Crippen LogP contribution in [0.2, 0.25) is 0 Å². The molecular weight excluding hydrogens is 296 g/mol. The minimum Gasteiger partial charge on any atom is -0.444 e. The van der Waals surface area contributed by atoms with Crippen LogP contribution in [0.25, 0.3) is 10.2 Å². The number of alkyl carbamates (subject to hydrolysis) is 1. The van der Waals surface area contributed by atoms with Gasteiger partial charge in [-0.2, -0.15) is 0 Å². The van der Waals surface area contributed by atoms with Crippen LogP contribution in [-0.4, -0.2) is 16.7 Å². The van der Waals surface area contributed by atoms with E-state index in [4.69, 9.17) is 4.74 Å². The number of carbonyl (C=O) groups is 1. The standard InChI is InChI=1S/C17H24N2O2S/c1-11(2)10-13(19-16(20)21-17(3,4)5)15-18-12-8-6-7-9-14(12)22-15/h6-9,11,13H,10H2,1-5H3,(H,19,20). The average molecular weight is 320 g/mol. The molecule has 1 aromatic carbocycles. The topological polar surface area (TPSA) is 51.2 Å². The molecule has 2 rings (SSSR count). The van der Waals surface area contributed by atoms with E-state index in [1.807, 2.05) is 39.0 Å². The number of aromatic nitrogens is 1. The Bertz CT molecular complexity index is 610. The number of thiazole rings is 1. The van der Waals surface area contributed by atoms with E-state index >= 15 is 0 Å².